The van der Waals surface area contributed by atoms with Gasteiger partial charge in [0.15, 0.2) is 17.3 Å². The smallest absolute Gasteiger partial charge is 0.252 e. The number of hydrogen-bond donors (Lipinski definition) is 2. The molecular weight excluding hydrogens is 406 g/mol. The molecule has 1 aromatic heterocycles. The normalized spacial score (nSPS) is 15.0. The Balaban J connectivity index is 1.43. The molecule has 0 saturated carbocycles. The molecular formula is C24H29N5O3. The predicted octanol–water partition coefficient (Wildman–Crippen LogP) is 2.85. The summed E-state index contributed by atoms with van der Waals surface area (Å²) in [6, 6.07) is 12.8. The second-order valence-electron chi connectivity index (χ2n) is 8.17. The molecule has 32 heavy (non-hydrogen) atoms. The lowest BCUT2D eigenvalue weighted by molar-refractivity contribution is 0.0937. The van der Waals surface area contributed by atoms with Crippen LogP contribution in [0, 0.1) is 6.92 Å². The number of nitrogens with zero attached hydrogens (tertiary/aromatic N) is 4. The first kappa shape index (κ1) is 21.8. The molecule has 2 N–H and O–H groups in total. The Hall–Kier alpha value is -3.39. The average Bonchev–Trinajstić information content (AvgIpc) is 3.09. The highest BCUT2D eigenvalue weighted by Crippen LogP contribution is 2.27. The number of aromatic hydroxyl groups is 1. The fourth-order valence-corrected chi connectivity index (χ4v) is 4.11. The van der Waals surface area contributed by atoms with Crippen LogP contribution in [0.15, 0.2) is 42.5 Å². The number of phenolic OH excluding ortho intramolecular Hbond substituents is 1. The van der Waals surface area contributed by atoms with Crippen molar-refractivity contribution in [3.63, 3.8) is 0 Å². The number of rotatable bonds is 6. The summed E-state index contributed by atoms with van der Waals surface area (Å²) in [4.78, 5) is 15.1. The highest BCUT2D eigenvalue weighted by atomic mass is 16.5. The van der Waals surface area contributed by atoms with Gasteiger partial charge in [-0.1, -0.05) is 24.3 Å². The number of benzene rings is 2. The zero-order valence-electron chi connectivity index (χ0n) is 18.7. The Bertz CT molecular complexity index is 1110. The Morgan fingerprint density at radius 3 is 2.78 bits per heavy atom. The Labute approximate surface area is 187 Å². The highest BCUT2D eigenvalue weighted by Gasteiger charge is 2.23. The number of aromatic nitrogens is 3. The molecule has 2 aromatic carbocycles. The molecule has 1 aliphatic heterocycles. The lowest BCUT2D eigenvalue weighted by atomic mass is 10.1. The van der Waals surface area contributed by atoms with Gasteiger partial charge in [-0.25, -0.2) is 0 Å². The van der Waals surface area contributed by atoms with Crippen molar-refractivity contribution in [2.24, 2.45) is 0 Å². The number of nitrogens with one attached hydrogen (secondary N) is 1. The molecule has 2 heterocycles. The van der Waals surface area contributed by atoms with Crippen molar-refractivity contribution in [1.29, 1.82) is 0 Å². The molecule has 0 radical (unpaired) electrons. The van der Waals surface area contributed by atoms with E-state index < -0.39 is 0 Å². The number of methoxy groups -OCH3 is 1. The van der Waals surface area contributed by atoms with Crippen molar-refractivity contribution in [1.82, 2.24) is 25.0 Å². The molecule has 0 spiro atoms. The largest absolute Gasteiger partial charge is 0.504 e. The molecule has 1 atom stereocenters. The topological polar surface area (TPSA) is 92.5 Å². The van der Waals surface area contributed by atoms with Gasteiger partial charge < -0.3 is 19.7 Å². The second kappa shape index (κ2) is 9.40. The molecule has 1 amide bonds. The van der Waals surface area contributed by atoms with Gasteiger partial charge in [-0.2, -0.15) is 0 Å². The zero-order chi connectivity index (χ0) is 22.7. The van der Waals surface area contributed by atoms with Gasteiger partial charge in [-0.15, -0.1) is 10.2 Å². The van der Waals surface area contributed by atoms with E-state index in [0.717, 1.165) is 55.4 Å². The Kier molecular flexibility index (Phi) is 6.41. The molecule has 0 bridgehead atoms. The van der Waals surface area contributed by atoms with E-state index in [4.69, 9.17) is 4.74 Å². The van der Waals surface area contributed by atoms with Crippen LogP contribution >= 0.6 is 0 Å². The first-order chi connectivity index (χ1) is 15.5. The van der Waals surface area contributed by atoms with Gasteiger partial charge in [0.05, 0.1) is 13.2 Å². The molecule has 0 saturated heterocycles. The van der Waals surface area contributed by atoms with Gasteiger partial charge >= 0.3 is 0 Å². The summed E-state index contributed by atoms with van der Waals surface area (Å²) in [5.41, 5.74) is 2.70. The summed E-state index contributed by atoms with van der Waals surface area (Å²) in [6.45, 7) is 7.06. The van der Waals surface area contributed by atoms with E-state index in [2.05, 4.69) is 25.0 Å². The number of carbonyl (C=O) groups is 1. The molecule has 8 nitrogen and oxygen atoms in total. The standard InChI is InChI=1S/C24H29N5O3/c1-16-6-4-5-7-19(16)24(31)25-17(2)23-27-26-22-10-11-28(12-13-29(22)23)15-18-8-9-20(30)21(14-18)32-3/h4-9,14,17,30H,10-13,15H2,1-3H3,(H,25,31). The van der Waals surface area contributed by atoms with E-state index >= 15 is 0 Å². The highest BCUT2D eigenvalue weighted by molar-refractivity contribution is 5.95. The van der Waals surface area contributed by atoms with E-state index in [-0.39, 0.29) is 17.7 Å². The number of hydrogen-bond acceptors (Lipinski definition) is 6. The lowest BCUT2D eigenvalue weighted by Gasteiger charge is -2.20. The van der Waals surface area contributed by atoms with E-state index in [1.54, 1.807) is 13.2 Å². The molecule has 168 valence electrons. The molecule has 1 unspecified atom stereocenters. The minimum atomic E-state index is -0.253. The number of aryl methyl sites for hydroxylation is 1. The number of amides is 1. The van der Waals surface area contributed by atoms with Crippen molar-refractivity contribution in [2.45, 2.75) is 39.4 Å². The molecule has 0 aliphatic carbocycles. The van der Waals surface area contributed by atoms with Crippen LogP contribution in [0.4, 0.5) is 0 Å². The quantitative estimate of drug-likeness (QED) is 0.619. The lowest BCUT2D eigenvalue weighted by Crippen LogP contribution is -2.30. The Morgan fingerprint density at radius 2 is 2.00 bits per heavy atom. The first-order valence-electron chi connectivity index (χ1n) is 10.8. The van der Waals surface area contributed by atoms with Crippen LogP contribution in [0.1, 0.15) is 46.1 Å². The predicted molar refractivity (Wildman–Crippen MR) is 121 cm³/mol. The van der Waals surface area contributed by atoms with Crippen molar-refractivity contribution in [3.8, 4) is 11.5 Å². The fraction of sp³-hybridized carbons (Fsp3) is 0.375. The van der Waals surface area contributed by atoms with Crippen molar-refractivity contribution >= 4 is 5.91 Å². The second-order valence-corrected chi connectivity index (χ2v) is 8.17. The van der Waals surface area contributed by atoms with Gasteiger partial charge in [-0.05, 0) is 43.2 Å². The molecule has 8 heteroatoms. The van der Waals surface area contributed by atoms with E-state index in [1.807, 2.05) is 50.2 Å². The van der Waals surface area contributed by atoms with Gasteiger partial charge in [-0.3, -0.25) is 9.69 Å². The van der Waals surface area contributed by atoms with Crippen LogP contribution in [0.25, 0.3) is 0 Å². The van der Waals surface area contributed by atoms with Gasteiger partial charge in [0.1, 0.15) is 5.82 Å². The minimum absolute atomic E-state index is 0.107. The monoisotopic (exact) mass is 435 g/mol. The molecule has 1 aliphatic rings. The van der Waals surface area contributed by atoms with Gasteiger partial charge in [0.2, 0.25) is 0 Å². The van der Waals surface area contributed by atoms with E-state index in [9.17, 15) is 9.90 Å². The number of ether oxygens (including phenoxy) is 1. The van der Waals surface area contributed by atoms with Gasteiger partial charge in [0.25, 0.3) is 5.91 Å². The van der Waals surface area contributed by atoms with Crippen LogP contribution in [-0.2, 0) is 19.5 Å². The maximum absolute atomic E-state index is 12.7. The van der Waals surface area contributed by atoms with E-state index in [0.29, 0.717) is 11.3 Å². The molecule has 4 rings (SSSR count). The number of carbonyl (C=O) groups excluding carboxylic acids is 1. The van der Waals surface area contributed by atoms with Crippen molar-refractivity contribution in [2.75, 3.05) is 20.2 Å². The van der Waals surface area contributed by atoms with Crippen molar-refractivity contribution in [3.05, 3.63) is 70.8 Å². The summed E-state index contributed by atoms with van der Waals surface area (Å²) in [6.07, 6.45) is 0.778. The summed E-state index contributed by atoms with van der Waals surface area (Å²) < 4.78 is 7.35. The summed E-state index contributed by atoms with van der Waals surface area (Å²) in [5, 5.41) is 21.7. The van der Waals surface area contributed by atoms with Crippen LogP contribution in [-0.4, -0.2) is 50.9 Å². The fourth-order valence-electron chi connectivity index (χ4n) is 4.11. The van der Waals surface area contributed by atoms with Crippen LogP contribution < -0.4 is 10.1 Å². The van der Waals surface area contributed by atoms with Crippen LogP contribution in [0.5, 0.6) is 11.5 Å². The van der Waals surface area contributed by atoms with Gasteiger partial charge in [0, 0.05) is 38.2 Å². The van der Waals surface area contributed by atoms with Crippen LogP contribution in [0.3, 0.4) is 0 Å². The zero-order valence-corrected chi connectivity index (χ0v) is 18.7. The minimum Gasteiger partial charge on any atom is -0.504 e. The summed E-state index contributed by atoms with van der Waals surface area (Å²) in [7, 11) is 1.55. The average molecular weight is 436 g/mol. The summed E-state index contributed by atoms with van der Waals surface area (Å²) >= 11 is 0. The van der Waals surface area contributed by atoms with Crippen molar-refractivity contribution < 1.29 is 14.6 Å². The third kappa shape index (κ3) is 4.60. The van der Waals surface area contributed by atoms with E-state index in [1.165, 1.54) is 0 Å². The third-order valence-corrected chi connectivity index (χ3v) is 5.92. The summed E-state index contributed by atoms with van der Waals surface area (Å²) in [5.74, 6) is 2.22. The molecule has 0 fully saturated rings. The maximum Gasteiger partial charge on any atom is 0.252 e. The number of phenols is 1. The van der Waals surface area contributed by atoms with Crippen LogP contribution in [0.2, 0.25) is 0 Å². The SMILES string of the molecule is COc1cc(CN2CCc3nnc(C(C)NC(=O)c4ccccc4C)n3CC2)ccc1O. The first-order valence-corrected chi connectivity index (χ1v) is 10.8. The Morgan fingerprint density at radius 1 is 1.19 bits per heavy atom. The third-order valence-electron chi connectivity index (χ3n) is 5.92. The maximum atomic E-state index is 12.7. The molecule has 3 aromatic rings. The number of fused-ring (bicyclic) bond motifs is 1.